The Bertz CT molecular complexity index is 347. The van der Waals surface area contributed by atoms with Crippen molar-refractivity contribution in [3.05, 3.63) is 28.5 Å². The minimum Gasteiger partial charge on any atom is -0.271 e. The molecule has 1 unspecified atom stereocenters. The molecule has 0 bridgehead atoms. The largest absolute Gasteiger partial charge is 0.271 e. The molecule has 0 aromatic carbocycles. The number of aromatic nitrogens is 1. The van der Waals surface area contributed by atoms with Crippen LogP contribution in [0.15, 0.2) is 22.8 Å². The van der Waals surface area contributed by atoms with Gasteiger partial charge in [-0.15, -0.1) is 0 Å². The van der Waals surface area contributed by atoms with Crippen molar-refractivity contribution in [2.45, 2.75) is 51.0 Å². The van der Waals surface area contributed by atoms with Gasteiger partial charge in [0.15, 0.2) is 0 Å². The van der Waals surface area contributed by atoms with Crippen molar-refractivity contribution in [1.82, 2.24) is 10.4 Å². The Hall–Kier alpha value is -0.450. The van der Waals surface area contributed by atoms with Crippen LogP contribution in [-0.2, 0) is 6.42 Å². The van der Waals surface area contributed by atoms with E-state index in [1.807, 2.05) is 12.3 Å². The molecular formula is C14H22BrN3. The highest BCUT2D eigenvalue weighted by Crippen LogP contribution is 2.27. The van der Waals surface area contributed by atoms with E-state index < -0.39 is 0 Å². The number of hydrazine groups is 1. The summed E-state index contributed by atoms with van der Waals surface area (Å²) in [6, 6.07) is 4.45. The monoisotopic (exact) mass is 311 g/mol. The predicted octanol–water partition coefficient (Wildman–Crippen LogP) is 3.19. The second kappa shape index (κ2) is 7.22. The van der Waals surface area contributed by atoms with Gasteiger partial charge in [0.2, 0.25) is 0 Å². The van der Waals surface area contributed by atoms with E-state index >= 15 is 0 Å². The van der Waals surface area contributed by atoms with E-state index in [-0.39, 0.29) is 0 Å². The van der Waals surface area contributed by atoms with Crippen LogP contribution in [0.1, 0.15) is 44.2 Å². The number of nitrogens with one attached hydrogen (secondary N) is 1. The maximum Gasteiger partial charge on any atom is 0.0420 e. The molecule has 1 aliphatic carbocycles. The summed E-state index contributed by atoms with van der Waals surface area (Å²) in [5, 5.41) is 0. The average Bonchev–Trinajstić information content (AvgIpc) is 2.41. The Morgan fingerprint density at radius 3 is 2.72 bits per heavy atom. The molecule has 1 heterocycles. The predicted molar refractivity (Wildman–Crippen MR) is 77.9 cm³/mol. The van der Waals surface area contributed by atoms with Crippen LogP contribution < -0.4 is 11.3 Å². The minimum absolute atomic E-state index is 0.349. The number of nitrogens with two attached hydrogens (primary N) is 1. The van der Waals surface area contributed by atoms with Gasteiger partial charge in [0.25, 0.3) is 0 Å². The van der Waals surface area contributed by atoms with Gasteiger partial charge in [-0.1, -0.05) is 32.1 Å². The van der Waals surface area contributed by atoms with E-state index in [1.165, 1.54) is 38.5 Å². The molecular weight excluding hydrogens is 290 g/mol. The van der Waals surface area contributed by atoms with Gasteiger partial charge >= 0.3 is 0 Å². The molecule has 2 rings (SSSR count). The van der Waals surface area contributed by atoms with Gasteiger partial charge < -0.3 is 0 Å². The Morgan fingerprint density at radius 1 is 1.33 bits per heavy atom. The van der Waals surface area contributed by atoms with Gasteiger partial charge in [-0.2, -0.15) is 0 Å². The van der Waals surface area contributed by atoms with E-state index in [0.717, 1.165) is 22.5 Å². The van der Waals surface area contributed by atoms with Gasteiger partial charge in [0.05, 0.1) is 0 Å². The fourth-order valence-corrected chi connectivity index (χ4v) is 3.05. The van der Waals surface area contributed by atoms with Crippen molar-refractivity contribution >= 4 is 15.9 Å². The van der Waals surface area contributed by atoms with E-state index in [0.29, 0.717) is 6.04 Å². The molecule has 0 amide bonds. The minimum atomic E-state index is 0.349. The summed E-state index contributed by atoms with van der Waals surface area (Å²) >= 11 is 3.41. The third-order valence-electron chi connectivity index (χ3n) is 3.82. The number of hydrogen-bond acceptors (Lipinski definition) is 3. The summed E-state index contributed by atoms with van der Waals surface area (Å²) in [6.07, 6.45) is 10.9. The molecule has 100 valence electrons. The summed E-state index contributed by atoms with van der Waals surface area (Å²) in [5.41, 5.74) is 4.07. The van der Waals surface area contributed by atoms with Crippen LogP contribution in [0.2, 0.25) is 0 Å². The number of pyridine rings is 1. The molecule has 18 heavy (non-hydrogen) atoms. The van der Waals surface area contributed by atoms with Gasteiger partial charge in [0, 0.05) is 28.8 Å². The average molecular weight is 312 g/mol. The fourth-order valence-electron chi connectivity index (χ4n) is 2.82. The Labute approximate surface area is 118 Å². The van der Waals surface area contributed by atoms with Gasteiger partial charge in [0.1, 0.15) is 0 Å². The summed E-state index contributed by atoms with van der Waals surface area (Å²) in [6.45, 7) is 0. The van der Waals surface area contributed by atoms with E-state index in [9.17, 15) is 0 Å². The first kappa shape index (κ1) is 14.0. The van der Waals surface area contributed by atoms with Crippen molar-refractivity contribution in [2.24, 2.45) is 11.8 Å². The van der Waals surface area contributed by atoms with Crippen LogP contribution in [-0.4, -0.2) is 11.0 Å². The quantitative estimate of drug-likeness (QED) is 0.648. The summed E-state index contributed by atoms with van der Waals surface area (Å²) in [7, 11) is 0. The molecule has 1 aliphatic rings. The fraction of sp³-hybridized carbons (Fsp3) is 0.643. The zero-order valence-electron chi connectivity index (χ0n) is 10.7. The van der Waals surface area contributed by atoms with E-state index in [4.69, 9.17) is 5.84 Å². The maximum absolute atomic E-state index is 5.68. The molecule has 0 radical (unpaired) electrons. The second-order valence-electron chi connectivity index (χ2n) is 5.28. The lowest BCUT2D eigenvalue weighted by molar-refractivity contribution is 0.297. The van der Waals surface area contributed by atoms with Crippen LogP contribution in [0.4, 0.5) is 0 Å². The molecule has 1 atom stereocenters. The maximum atomic E-state index is 5.68. The molecule has 3 N–H and O–H groups in total. The molecule has 0 aliphatic heterocycles. The molecule has 1 saturated carbocycles. The summed E-state index contributed by atoms with van der Waals surface area (Å²) in [5.74, 6) is 6.52. The van der Waals surface area contributed by atoms with Gasteiger partial charge in [-0.25, -0.2) is 0 Å². The van der Waals surface area contributed by atoms with Crippen LogP contribution in [0.25, 0.3) is 0 Å². The zero-order chi connectivity index (χ0) is 12.8. The Balaban J connectivity index is 1.86. The first-order chi connectivity index (χ1) is 8.78. The van der Waals surface area contributed by atoms with Crippen LogP contribution in [0.5, 0.6) is 0 Å². The lowest BCUT2D eigenvalue weighted by Gasteiger charge is -2.26. The van der Waals surface area contributed by atoms with Crippen molar-refractivity contribution < 1.29 is 0 Å². The molecule has 1 fully saturated rings. The standard InChI is InChI=1S/C14H22BrN3/c15-12-6-7-13(17-10-12)9-14(18-16)8-11-4-2-1-3-5-11/h6-7,10-11,14,18H,1-5,8-9,16H2. The third-order valence-corrected chi connectivity index (χ3v) is 4.29. The van der Waals surface area contributed by atoms with Crippen molar-refractivity contribution in [3.63, 3.8) is 0 Å². The van der Waals surface area contributed by atoms with Crippen LogP contribution >= 0.6 is 15.9 Å². The first-order valence-corrected chi connectivity index (χ1v) is 7.64. The number of halogens is 1. The first-order valence-electron chi connectivity index (χ1n) is 6.84. The third kappa shape index (κ3) is 4.34. The lowest BCUT2D eigenvalue weighted by Crippen LogP contribution is -2.38. The summed E-state index contributed by atoms with van der Waals surface area (Å²) < 4.78 is 1.02. The molecule has 0 saturated heterocycles. The lowest BCUT2D eigenvalue weighted by atomic mass is 9.84. The van der Waals surface area contributed by atoms with Crippen LogP contribution in [0, 0.1) is 5.92 Å². The molecule has 4 heteroatoms. The van der Waals surface area contributed by atoms with Crippen molar-refractivity contribution in [3.8, 4) is 0 Å². The Morgan fingerprint density at radius 2 is 2.11 bits per heavy atom. The topological polar surface area (TPSA) is 50.9 Å². The highest BCUT2D eigenvalue weighted by atomic mass is 79.9. The zero-order valence-corrected chi connectivity index (χ0v) is 12.3. The molecule has 0 spiro atoms. The van der Waals surface area contributed by atoms with E-state index in [1.54, 1.807) is 0 Å². The normalized spacial score (nSPS) is 18.8. The number of nitrogens with zero attached hydrogens (tertiary/aromatic N) is 1. The smallest absolute Gasteiger partial charge is 0.0420 e. The summed E-state index contributed by atoms with van der Waals surface area (Å²) in [4.78, 5) is 4.42. The molecule has 3 nitrogen and oxygen atoms in total. The van der Waals surface area contributed by atoms with E-state index in [2.05, 4.69) is 32.4 Å². The van der Waals surface area contributed by atoms with Crippen molar-refractivity contribution in [2.75, 3.05) is 0 Å². The highest BCUT2D eigenvalue weighted by Gasteiger charge is 2.18. The second-order valence-corrected chi connectivity index (χ2v) is 6.19. The number of rotatable bonds is 5. The van der Waals surface area contributed by atoms with Crippen molar-refractivity contribution in [1.29, 1.82) is 0 Å². The van der Waals surface area contributed by atoms with Gasteiger partial charge in [-0.3, -0.25) is 16.3 Å². The molecule has 1 aromatic heterocycles. The SMILES string of the molecule is NNC(Cc1ccc(Br)cn1)CC1CCCCC1. The van der Waals surface area contributed by atoms with Gasteiger partial charge in [-0.05, 0) is 40.4 Å². The molecule has 1 aromatic rings. The Kier molecular flexibility index (Phi) is 5.60. The number of hydrogen-bond donors (Lipinski definition) is 2. The highest BCUT2D eigenvalue weighted by molar-refractivity contribution is 9.10. The van der Waals surface area contributed by atoms with Crippen LogP contribution in [0.3, 0.4) is 0 Å².